The molecule has 1 aromatic heterocycles. The Balaban J connectivity index is 2.41. The van der Waals surface area contributed by atoms with Crippen LogP contribution in [0.5, 0.6) is 0 Å². The van der Waals surface area contributed by atoms with Crippen molar-refractivity contribution < 1.29 is 12.8 Å². The van der Waals surface area contributed by atoms with Crippen LogP contribution in [0.1, 0.15) is 5.56 Å². The maximum atomic E-state index is 13.4. The molecule has 0 aliphatic carbocycles. The van der Waals surface area contributed by atoms with Crippen molar-refractivity contribution in [2.75, 3.05) is 4.72 Å². The number of hydrogen-bond acceptors (Lipinski definition) is 5. The van der Waals surface area contributed by atoms with Crippen LogP contribution in [-0.2, 0) is 10.0 Å². The number of halogens is 1. The number of nitrogens with two attached hydrogens (primary N) is 1. The van der Waals surface area contributed by atoms with Crippen LogP contribution < -0.4 is 10.5 Å². The van der Waals surface area contributed by atoms with Crippen LogP contribution in [0.15, 0.2) is 34.7 Å². The normalized spacial score (nSPS) is 11.2. The molecule has 0 saturated carbocycles. The summed E-state index contributed by atoms with van der Waals surface area (Å²) < 4.78 is 39.7. The van der Waals surface area contributed by atoms with Gasteiger partial charge in [-0.1, -0.05) is 12.2 Å². The fourth-order valence-corrected chi connectivity index (χ4v) is 3.28. The largest absolute Gasteiger partial charge is 0.389 e. The van der Waals surface area contributed by atoms with E-state index in [4.69, 9.17) is 5.73 Å². The fourth-order valence-electron chi connectivity index (χ4n) is 1.31. The zero-order chi connectivity index (χ0) is 14.0. The van der Waals surface area contributed by atoms with Gasteiger partial charge in [0.1, 0.15) is 10.8 Å². The number of thiazole rings is 1. The molecule has 1 heterocycles. The molecule has 1 aromatic carbocycles. The maximum absolute atomic E-state index is 13.4. The van der Waals surface area contributed by atoms with Gasteiger partial charge >= 0.3 is 0 Å². The number of anilines is 1. The molecule has 19 heavy (non-hydrogen) atoms. The molecule has 0 bridgehead atoms. The second kappa shape index (κ2) is 5.19. The van der Waals surface area contributed by atoms with Crippen molar-refractivity contribution in [2.45, 2.75) is 4.90 Å². The van der Waals surface area contributed by atoms with Crippen molar-refractivity contribution in [3.05, 3.63) is 41.2 Å². The Morgan fingerprint density at radius 1 is 1.47 bits per heavy atom. The van der Waals surface area contributed by atoms with Gasteiger partial charge in [0.25, 0.3) is 10.0 Å². The molecule has 5 nitrogen and oxygen atoms in total. The van der Waals surface area contributed by atoms with E-state index in [1.807, 2.05) is 0 Å². The van der Waals surface area contributed by atoms with Gasteiger partial charge in [0.2, 0.25) is 0 Å². The first kappa shape index (κ1) is 13.8. The van der Waals surface area contributed by atoms with E-state index in [0.29, 0.717) is 0 Å². The molecule has 0 radical (unpaired) electrons. The second-order valence-electron chi connectivity index (χ2n) is 3.45. The first-order valence-electron chi connectivity index (χ1n) is 4.92. The Morgan fingerprint density at radius 2 is 2.21 bits per heavy atom. The lowest BCUT2D eigenvalue weighted by atomic mass is 10.2. The summed E-state index contributed by atoms with van der Waals surface area (Å²) in [7, 11) is -3.84. The number of rotatable bonds is 4. The molecule has 0 atom stereocenters. The number of nitrogens with zero attached hydrogens (tertiary/aromatic N) is 1. The summed E-state index contributed by atoms with van der Waals surface area (Å²) in [6.07, 6.45) is 1.47. The topological polar surface area (TPSA) is 85.1 Å². The van der Waals surface area contributed by atoms with Gasteiger partial charge in [-0.05, 0) is 18.2 Å². The quantitative estimate of drug-likeness (QED) is 0.839. The van der Waals surface area contributed by atoms with Gasteiger partial charge in [0, 0.05) is 17.1 Å². The SMILES string of the molecule is NC(=S)c1cc(S(=O)(=O)Nc2nccs2)ccc1F. The average molecular weight is 317 g/mol. The smallest absolute Gasteiger partial charge is 0.263 e. The molecule has 0 unspecified atom stereocenters. The van der Waals surface area contributed by atoms with E-state index in [-0.39, 0.29) is 20.6 Å². The zero-order valence-corrected chi connectivity index (χ0v) is 11.8. The van der Waals surface area contributed by atoms with Gasteiger partial charge in [0.05, 0.1) is 4.90 Å². The molecule has 0 amide bonds. The molecular weight excluding hydrogens is 309 g/mol. The fraction of sp³-hybridized carbons (Fsp3) is 0. The van der Waals surface area contributed by atoms with E-state index >= 15 is 0 Å². The van der Waals surface area contributed by atoms with Crippen LogP contribution in [0, 0.1) is 5.82 Å². The van der Waals surface area contributed by atoms with Crippen molar-refractivity contribution in [3.63, 3.8) is 0 Å². The molecule has 2 rings (SSSR count). The average Bonchev–Trinajstić information content (AvgIpc) is 2.80. The van der Waals surface area contributed by atoms with E-state index < -0.39 is 15.8 Å². The summed E-state index contributed by atoms with van der Waals surface area (Å²) >= 11 is 5.79. The van der Waals surface area contributed by atoms with Gasteiger partial charge in [0.15, 0.2) is 5.13 Å². The van der Waals surface area contributed by atoms with Crippen LogP contribution in [-0.4, -0.2) is 18.4 Å². The summed E-state index contributed by atoms with van der Waals surface area (Å²) in [5.74, 6) is -0.666. The van der Waals surface area contributed by atoms with Crippen molar-refractivity contribution >= 4 is 43.7 Å². The Labute approximate surface area is 118 Å². The molecule has 100 valence electrons. The minimum Gasteiger partial charge on any atom is -0.389 e. The Bertz CT molecular complexity index is 714. The van der Waals surface area contributed by atoms with Crippen molar-refractivity contribution in [1.82, 2.24) is 4.98 Å². The highest BCUT2D eigenvalue weighted by molar-refractivity contribution is 7.93. The van der Waals surface area contributed by atoms with Crippen LogP contribution in [0.3, 0.4) is 0 Å². The van der Waals surface area contributed by atoms with Gasteiger partial charge in [-0.2, -0.15) is 0 Å². The van der Waals surface area contributed by atoms with Crippen molar-refractivity contribution in [3.8, 4) is 0 Å². The highest BCUT2D eigenvalue weighted by atomic mass is 32.2. The first-order chi connectivity index (χ1) is 8.90. The summed E-state index contributed by atoms with van der Waals surface area (Å²) in [5.41, 5.74) is 5.21. The third kappa shape index (κ3) is 3.06. The highest BCUT2D eigenvalue weighted by Gasteiger charge is 2.18. The van der Waals surface area contributed by atoms with Crippen molar-refractivity contribution in [2.24, 2.45) is 5.73 Å². The van der Waals surface area contributed by atoms with Gasteiger partial charge in [-0.3, -0.25) is 4.72 Å². The van der Waals surface area contributed by atoms with E-state index in [1.54, 1.807) is 5.38 Å². The standard InChI is InChI=1S/C10H8FN3O2S3/c11-8-2-1-6(5-7(8)9(12)17)19(15,16)14-10-13-3-4-18-10/h1-5H,(H2,12,17)(H,13,14). The van der Waals surface area contributed by atoms with Gasteiger partial charge in [-0.25, -0.2) is 17.8 Å². The molecule has 2 aromatic rings. The third-order valence-electron chi connectivity index (χ3n) is 2.17. The predicted octanol–water partition coefficient (Wildman–Crippen LogP) is 1.72. The van der Waals surface area contributed by atoms with Crippen LogP contribution in [0.2, 0.25) is 0 Å². The van der Waals surface area contributed by atoms with E-state index in [0.717, 1.165) is 29.5 Å². The van der Waals surface area contributed by atoms with Crippen LogP contribution in [0.25, 0.3) is 0 Å². The predicted molar refractivity (Wildman–Crippen MR) is 75.2 cm³/mol. The van der Waals surface area contributed by atoms with E-state index in [1.165, 1.54) is 6.20 Å². The Kier molecular flexibility index (Phi) is 3.78. The number of nitrogens with one attached hydrogen (secondary N) is 1. The van der Waals surface area contributed by atoms with Crippen LogP contribution >= 0.6 is 23.6 Å². The molecule has 0 spiro atoms. The molecule has 0 aliphatic rings. The number of aromatic nitrogens is 1. The van der Waals surface area contributed by atoms with Crippen molar-refractivity contribution in [1.29, 1.82) is 0 Å². The molecule has 0 saturated heterocycles. The highest BCUT2D eigenvalue weighted by Crippen LogP contribution is 2.20. The first-order valence-corrected chi connectivity index (χ1v) is 7.69. The summed E-state index contributed by atoms with van der Waals surface area (Å²) in [5, 5.41) is 1.85. The minimum absolute atomic E-state index is 0.114. The second-order valence-corrected chi connectivity index (χ2v) is 6.47. The summed E-state index contributed by atoms with van der Waals surface area (Å²) in [6.45, 7) is 0. The minimum atomic E-state index is -3.84. The molecular formula is C10H8FN3O2S3. The lowest BCUT2D eigenvalue weighted by molar-refractivity contribution is 0.599. The Morgan fingerprint density at radius 3 is 2.79 bits per heavy atom. The van der Waals surface area contributed by atoms with E-state index in [9.17, 15) is 12.8 Å². The third-order valence-corrected chi connectivity index (χ3v) is 4.54. The van der Waals surface area contributed by atoms with E-state index in [2.05, 4.69) is 21.9 Å². The molecule has 0 fully saturated rings. The zero-order valence-electron chi connectivity index (χ0n) is 9.33. The summed E-state index contributed by atoms with van der Waals surface area (Å²) in [4.78, 5) is 3.47. The lowest BCUT2D eigenvalue weighted by Crippen LogP contribution is -2.16. The molecule has 0 aliphatic heterocycles. The van der Waals surface area contributed by atoms with Gasteiger partial charge in [-0.15, -0.1) is 11.3 Å². The number of thiocarbonyl (C=S) groups is 1. The number of benzene rings is 1. The summed E-state index contributed by atoms with van der Waals surface area (Å²) in [6, 6.07) is 3.23. The Hall–Kier alpha value is -1.58. The van der Waals surface area contributed by atoms with Gasteiger partial charge < -0.3 is 5.73 Å². The van der Waals surface area contributed by atoms with Crippen LogP contribution in [0.4, 0.5) is 9.52 Å². The molecule has 9 heteroatoms. The lowest BCUT2D eigenvalue weighted by Gasteiger charge is -2.07. The maximum Gasteiger partial charge on any atom is 0.263 e. The monoisotopic (exact) mass is 317 g/mol. The number of sulfonamides is 1. The molecule has 3 N–H and O–H groups in total. The number of hydrogen-bond donors (Lipinski definition) is 2.